The Bertz CT molecular complexity index is 1320. The lowest BCUT2D eigenvalue weighted by Gasteiger charge is -2.40. The summed E-state index contributed by atoms with van der Waals surface area (Å²) in [6.07, 6.45) is 5.32. The zero-order valence-electron chi connectivity index (χ0n) is 23.6. The maximum Gasteiger partial charge on any atom is 0.251 e. The van der Waals surface area contributed by atoms with Crippen molar-refractivity contribution >= 4 is 17.6 Å². The Balaban J connectivity index is 1.04. The standard InChI is InChI=1S/C30H38N6O5/c1-20(2)9-29(38)36-15-24(16-36)34-28-11-22(5-7-32-28)30(39)33-12-25(37)17-35-8-6-21-10-26(4-3-23(21)14-35)40-18-27-13-31-19-41-27/h3-5,7,10-11,13,19-20,24-25,37H,6,8-9,12,14-18H2,1-2H3,(H,32,34)(H,33,39). The molecule has 2 amide bonds. The van der Waals surface area contributed by atoms with Gasteiger partial charge in [-0.1, -0.05) is 19.9 Å². The summed E-state index contributed by atoms with van der Waals surface area (Å²) >= 11 is 0. The van der Waals surface area contributed by atoms with Crippen LogP contribution >= 0.6 is 0 Å². The maximum atomic E-state index is 12.8. The van der Waals surface area contributed by atoms with E-state index in [1.54, 1.807) is 24.5 Å². The van der Waals surface area contributed by atoms with Crippen molar-refractivity contribution in [3.63, 3.8) is 0 Å². The fourth-order valence-electron chi connectivity index (χ4n) is 5.09. The SMILES string of the molecule is CC(C)CC(=O)N1CC(Nc2cc(C(=O)NCC(O)CN3CCc4cc(OCc5cnco5)ccc4C3)ccn2)C1. The normalized spacial score (nSPS) is 16.1. The summed E-state index contributed by atoms with van der Waals surface area (Å²) in [4.78, 5) is 37.2. The Hall–Kier alpha value is -3.96. The predicted octanol–water partition coefficient (Wildman–Crippen LogP) is 2.47. The quantitative estimate of drug-likeness (QED) is 0.304. The second-order valence-corrected chi connectivity index (χ2v) is 11.2. The molecule has 1 atom stereocenters. The van der Waals surface area contributed by atoms with Crippen molar-refractivity contribution in [2.24, 2.45) is 5.92 Å². The average molecular weight is 563 g/mol. The predicted molar refractivity (Wildman–Crippen MR) is 152 cm³/mol. The van der Waals surface area contributed by atoms with E-state index < -0.39 is 6.10 Å². The van der Waals surface area contributed by atoms with Crippen LogP contribution in [0.2, 0.25) is 0 Å². The number of nitrogens with zero attached hydrogens (tertiary/aromatic N) is 4. The second kappa shape index (κ2) is 13.1. The Labute approximate surface area is 239 Å². The van der Waals surface area contributed by atoms with Gasteiger partial charge in [0.05, 0.1) is 18.3 Å². The zero-order chi connectivity index (χ0) is 28.8. The number of rotatable bonds is 12. The van der Waals surface area contributed by atoms with Crippen LogP contribution in [0.4, 0.5) is 5.82 Å². The number of hydrogen-bond acceptors (Lipinski definition) is 9. The third-order valence-corrected chi connectivity index (χ3v) is 7.29. The van der Waals surface area contributed by atoms with Crippen LogP contribution in [0.25, 0.3) is 0 Å². The average Bonchev–Trinajstić information content (AvgIpc) is 3.46. The fourth-order valence-corrected chi connectivity index (χ4v) is 5.09. The van der Waals surface area contributed by atoms with Crippen LogP contribution in [0.5, 0.6) is 5.75 Å². The molecule has 0 aliphatic carbocycles. The lowest BCUT2D eigenvalue weighted by Crippen LogP contribution is -2.57. The van der Waals surface area contributed by atoms with E-state index in [-0.39, 0.29) is 24.4 Å². The van der Waals surface area contributed by atoms with E-state index in [4.69, 9.17) is 9.15 Å². The minimum atomic E-state index is -0.700. The highest BCUT2D eigenvalue weighted by Gasteiger charge is 2.31. The fraction of sp³-hybridized carbons (Fsp3) is 0.467. The summed E-state index contributed by atoms with van der Waals surface area (Å²) in [5, 5.41) is 16.8. The van der Waals surface area contributed by atoms with Crippen LogP contribution in [-0.4, -0.2) is 81.6 Å². The number of amides is 2. The van der Waals surface area contributed by atoms with Crippen LogP contribution in [-0.2, 0) is 24.4 Å². The number of fused-ring (bicyclic) bond motifs is 1. The number of benzene rings is 1. The molecular weight excluding hydrogens is 524 g/mol. The van der Waals surface area contributed by atoms with Crippen molar-refractivity contribution in [3.8, 4) is 5.75 Å². The Morgan fingerprint density at radius 3 is 2.83 bits per heavy atom. The van der Waals surface area contributed by atoms with Crippen LogP contribution in [0, 0.1) is 5.92 Å². The van der Waals surface area contributed by atoms with E-state index in [1.807, 2.05) is 24.8 Å². The Morgan fingerprint density at radius 1 is 1.20 bits per heavy atom. The molecule has 218 valence electrons. The molecule has 3 N–H and O–H groups in total. The summed E-state index contributed by atoms with van der Waals surface area (Å²) in [5.41, 5.74) is 2.91. The number of anilines is 1. The number of hydrogen-bond donors (Lipinski definition) is 3. The molecule has 0 bridgehead atoms. The smallest absolute Gasteiger partial charge is 0.251 e. The number of aromatic nitrogens is 2. The summed E-state index contributed by atoms with van der Waals surface area (Å²) in [6, 6.07) is 9.53. The second-order valence-electron chi connectivity index (χ2n) is 11.2. The Morgan fingerprint density at radius 2 is 2.05 bits per heavy atom. The van der Waals surface area contributed by atoms with E-state index in [0.29, 0.717) is 55.7 Å². The highest BCUT2D eigenvalue weighted by atomic mass is 16.5. The van der Waals surface area contributed by atoms with Gasteiger partial charge in [-0.05, 0) is 47.7 Å². The van der Waals surface area contributed by atoms with Crippen LogP contribution < -0.4 is 15.4 Å². The molecule has 1 saturated heterocycles. The number of likely N-dealkylation sites (tertiary alicyclic amines) is 1. The summed E-state index contributed by atoms with van der Waals surface area (Å²) in [7, 11) is 0. The van der Waals surface area contributed by atoms with Gasteiger partial charge in [0.2, 0.25) is 5.91 Å². The molecule has 0 radical (unpaired) electrons. The summed E-state index contributed by atoms with van der Waals surface area (Å²) in [5.74, 6) is 2.30. The van der Waals surface area contributed by atoms with Crippen molar-refractivity contribution in [1.29, 1.82) is 0 Å². The van der Waals surface area contributed by atoms with Gasteiger partial charge in [0.15, 0.2) is 12.2 Å². The van der Waals surface area contributed by atoms with Gasteiger partial charge in [-0.3, -0.25) is 14.5 Å². The largest absolute Gasteiger partial charge is 0.486 e. The van der Waals surface area contributed by atoms with Gasteiger partial charge < -0.3 is 29.8 Å². The lowest BCUT2D eigenvalue weighted by molar-refractivity contribution is -0.135. The number of aliphatic hydroxyl groups is 1. The third kappa shape index (κ3) is 7.83. The first-order chi connectivity index (χ1) is 19.8. The van der Waals surface area contributed by atoms with Gasteiger partial charge in [-0.2, -0.15) is 0 Å². The third-order valence-electron chi connectivity index (χ3n) is 7.29. The minimum Gasteiger partial charge on any atom is -0.486 e. The van der Waals surface area contributed by atoms with E-state index in [1.165, 1.54) is 17.5 Å². The number of nitrogens with one attached hydrogen (secondary N) is 2. The number of β-amino-alcohol motifs (C(OH)–C–C–N with tert-alkyl or cyclic N) is 1. The topological polar surface area (TPSA) is 133 Å². The van der Waals surface area contributed by atoms with Crippen molar-refractivity contribution < 1.29 is 23.8 Å². The number of carbonyl (C=O) groups is 2. The number of ether oxygens (including phenoxy) is 1. The monoisotopic (exact) mass is 562 g/mol. The first-order valence-electron chi connectivity index (χ1n) is 14.1. The van der Waals surface area contributed by atoms with Gasteiger partial charge in [0, 0.05) is 57.4 Å². The molecule has 1 fully saturated rings. The minimum absolute atomic E-state index is 0.117. The molecule has 2 aromatic heterocycles. The van der Waals surface area contributed by atoms with E-state index in [9.17, 15) is 14.7 Å². The number of aliphatic hydroxyl groups excluding tert-OH is 1. The molecule has 4 heterocycles. The van der Waals surface area contributed by atoms with Gasteiger partial charge in [-0.25, -0.2) is 9.97 Å². The van der Waals surface area contributed by atoms with Crippen molar-refractivity contribution in [2.45, 2.75) is 52.0 Å². The maximum absolute atomic E-state index is 12.8. The molecule has 2 aliphatic rings. The molecule has 0 spiro atoms. The van der Waals surface area contributed by atoms with Crippen LogP contribution in [0.3, 0.4) is 0 Å². The first kappa shape index (κ1) is 28.6. The lowest BCUT2D eigenvalue weighted by atomic mass is 9.99. The molecule has 41 heavy (non-hydrogen) atoms. The summed E-state index contributed by atoms with van der Waals surface area (Å²) in [6.45, 7) is 7.82. The van der Waals surface area contributed by atoms with Gasteiger partial charge >= 0.3 is 0 Å². The number of pyridine rings is 1. The molecule has 5 rings (SSSR count). The van der Waals surface area contributed by atoms with E-state index >= 15 is 0 Å². The zero-order valence-corrected chi connectivity index (χ0v) is 23.6. The summed E-state index contributed by atoms with van der Waals surface area (Å²) < 4.78 is 11.0. The molecule has 2 aliphatic heterocycles. The Kier molecular flexibility index (Phi) is 9.15. The van der Waals surface area contributed by atoms with Gasteiger partial charge in [0.25, 0.3) is 5.91 Å². The highest BCUT2D eigenvalue weighted by molar-refractivity contribution is 5.94. The van der Waals surface area contributed by atoms with Crippen LogP contribution in [0.15, 0.2) is 53.5 Å². The van der Waals surface area contributed by atoms with Crippen molar-refractivity contribution in [3.05, 3.63) is 71.6 Å². The molecule has 1 unspecified atom stereocenters. The molecular formula is C30H38N6O5. The number of carbonyl (C=O) groups excluding carboxylic acids is 2. The van der Waals surface area contributed by atoms with Crippen LogP contribution in [0.1, 0.15) is 47.5 Å². The molecule has 0 saturated carbocycles. The van der Waals surface area contributed by atoms with E-state index in [2.05, 4.69) is 37.6 Å². The van der Waals surface area contributed by atoms with Crippen molar-refractivity contribution in [1.82, 2.24) is 25.1 Å². The molecule has 11 nitrogen and oxygen atoms in total. The molecule has 3 aromatic rings. The van der Waals surface area contributed by atoms with Gasteiger partial charge in [-0.15, -0.1) is 0 Å². The van der Waals surface area contributed by atoms with E-state index in [0.717, 1.165) is 25.3 Å². The highest BCUT2D eigenvalue weighted by Crippen LogP contribution is 2.25. The van der Waals surface area contributed by atoms with Crippen molar-refractivity contribution in [2.75, 3.05) is 38.0 Å². The molecule has 1 aromatic carbocycles. The first-order valence-corrected chi connectivity index (χ1v) is 14.1. The molecule has 11 heteroatoms. The number of oxazole rings is 1. The van der Waals surface area contributed by atoms with Gasteiger partial charge in [0.1, 0.15) is 18.2 Å².